The highest BCUT2D eigenvalue weighted by atomic mass is 16.3. The lowest BCUT2D eigenvalue weighted by Crippen LogP contribution is -1.93. The molecule has 0 aliphatic heterocycles. The Morgan fingerprint density at radius 2 is 2.00 bits per heavy atom. The third-order valence-electron chi connectivity index (χ3n) is 1.65. The number of carbonyl (C=O) groups excluding carboxylic acids is 1. The van der Waals surface area contributed by atoms with Gasteiger partial charge in [-0.2, -0.15) is 0 Å². The molecule has 0 aromatic heterocycles. The zero-order valence-corrected chi connectivity index (χ0v) is 7.47. The van der Waals surface area contributed by atoms with Gasteiger partial charge in [-0.3, -0.25) is 4.79 Å². The fourth-order valence-electron chi connectivity index (χ4n) is 0.988. The van der Waals surface area contributed by atoms with E-state index in [2.05, 4.69) is 0 Å². The SMILES string of the molecule is CC(=O)/C=C\C(O)c1ccccc1. The molecule has 1 N–H and O–H groups in total. The van der Waals surface area contributed by atoms with Crippen LogP contribution in [0.2, 0.25) is 0 Å². The number of carbonyl (C=O) groups is 1. The molecule has 13 heavy (non-hydrogen) atoms. The third-order valence-corrected chi connectivity index (χ3v) is 1.65. The van der Waals surface area contributed by atoms with Crippen LogP contribution in [-0.2, 0) is 4.79 Å². The van der Waals surface area contributed by atoms with E-state index in [1.807, 2.05) is 30.3 Å². The van der Waals surface area contributed by atoms with E-state index >= 15 is 0 Å². The monoisotopic (exact) mass is 176 g/mol. The Balaban J connectivity index is 2.69. The minimum absolute atomic E-state index is 0.0602. The number of aliphatic hydroxyl groups is 1. The normalized spacial score (nSPS) is 13.1. The summed E-state index contributed by atoms with van der Waals surface area (Å²) < 4.78 is 0. The quantitative estimate of drug-likeness (QED) is 0.714. The van der Waals surface area contributed by atoms with Crippen LogP contribution in [0.1, 0.15) is 18.6 Å². The molecule has 68 valence electrons. The number of hydrogen-bond acceptors (Lipinski definition) is 2. The van der Waals surface area contributed by atoms with Gasteiger partial charge in [0.25, 0.3) is 0 Å². The van der Waals surface area contributed by atoms with E-state index in [0.29, 0.717) is 0 Å². The number of hydrogen-bond donors (Lipinski definition) is 1. The molecule has 0 spiro atoms. The number of benzene rings is 1. The standard InChI is InChI=1S/C11H12O2/c1-9(12)7-8-11(13)10-5-3-2-4-6-10/h2-8,11,13H,1H3/b8-7-. The largest absolute Gasteiger partial charge is 0.384 e. The summed E-state index contributed by atoms with van der Waals surface area (Å²) in [5, 5.41) is 9.53. The lowest BCUT2D eigenvalue weighted by atomic mass is 10.1. The van der Waals surface area contributed by atoms with Gasteiger partial charge < -0.3 is 5.11 Å². The summed E-state index contributed by atoms with van der Waals surface area (Å²) in [5.74, 6) is -0.0602. The topological polar surface area (TPSA) is 37.3 Å². The number of allylic oxidation sites excluding steroid dienone is 1. The van der Waals surface area contributed by atoms with Gasteiger partial charge >= 0.3 is 0 Å². The van der Waals surface area contributed by atoms with Gasteiger partial charge in [-0.15, -0.1) is 0 Å². The van der Waals surface area contributed by atoms with Crippen molar-refractivity contribution in [2.45, 2.75) is 13.0 Å². The summed E-state index contributed by atoms with van der Waals surface area (Å²) in [6, 6.07) is 9.20. The summed E-state index contributed by atoms with van der Waals surface area (Å²) in [5.41, 5.74) is 0.792. The first kappa shape index (κ1) is 9.68. The molecule has 2 nitrogen and oxygen atoms in total. The number of ketones is 1. The molecule has 2 heteroatoms. The van der Waals surface area contributed by atoms with Crippen LogP contribution in [0.25, 0.3) is 0 Å². The molecule has 1 aromatic carbocycles. The second kappa shape index (κ2) is 4.58. The maximum atomic E-state index is 10.6. The maximum Gasteiger partial charge on any atom is 0.152 e. The molecule has 0 radical (unpaired) electrons. The summed E-state index contributed by atoms with van der Waals surface area (Å²) in [4.78, 5) is 10.6. The predicted molar refractivity (Wildman–Crippen MR) is 51.2 cm³/mol. The zero-order valence-electron chi connectivity index (χ0n) is 7.47. The van der Waals surface area contributed by atoms with Gasteiger partial charge in [0.2, 0.25) is 0 Å². The van der Waals surface area contributed by atoms with E-state index in [1.54, 1.807) is 0 Å². The smallest absolute Gasteiger partial charge is 0.152 e. The molecule has 0 saturated heterocycles. The molecule has 0 bridgehead atoms. The molecule has 1 rings (SSSR count). The minimum atomic E-state index is -0.690. The van der Waals surface area contributed by atoms with Gasteiger partial charge in [0, 0.05) is 0 Å². The van der Waals surface area contributed by atoms with E-state index in [4.69, 9.17) is 0 Å². The van der Waals surface area contributed by atoms with Crippen LogP contribution in [0.3, 0.4) is 0 Å². The molecule has 0 saturated carbocycles. The Hall–Kier alpha value is -1.41. The number of rotatable bonds is 3. The first-order valence-electron chi connectivity index (χ1n) is 4.12. The maximum absolute atomic E-state index is 10.6. The molecular formula is C11H12O2. The molecule has 1 unspecified atom stereocenters. The Labute approximate surface area is 77.5 Å². The minimum Gasteiger partial charge on any atom is -0.384 e. The highest BCUT2D eigenvalue weighted by molar-refractivity contribution is 5.87. The highest BCUT2D eigenvalue weighted by Crippen LogP contribution is 2.12. The van der Waals surface area contributed by atoms with Crippen molar-refractivity contribution in [3.8, 4) is 0 Å². The molecular weight excluding hydrogens is 164 g/mol. The Bertz CT molecular complexity index is 301. The second-order valence-electron chi connectivity index (χ2n) is 2.83. The van der Waals surface area contributed by atoms with Gasteiger partial charge in [-0.25, -0.2) is 0 Å². The molecule has 0 heterocycles. The average Bonchev–Trinajstić information content (AvgIpc) is 2.15. The van der Waals surface area contributed by atoms with E-state index in [-0.39, 0.29) is 5.78 Å². The van der Waals surface area contributed by atoms with Crippen molar-refractivity contribution in [1.29, 1.82) is 0 Å². The Kier molecular flexibility index (Phi) is 3.41. The van der Waals surface area contributed by atoms with Gasteiger partial charge in [0.05, 0.1) is 6.10 Å². The Morgan fingerprint density at radius 3 is 2.54 bits per heavy atom. The molecule has 0 amide bonds. The van der Waals surface area contributed by atoms with Crippen molar-refractivity contribution in [1.82, 2.24) is 0 Å². The summed E-state index contributed by atoms with van der Waals surface area (Å²) in [6.07, 6.45) is 2.17. The van der Waals surface area contributed by atoms with Crippen molar-refractivity contribution in [3.63, 3.8) is 0 Å². The van der Waals surface area contributed by atoms with E-state index in [0.717, 1.165) is 5.56 Å². The van der Waals surface area contributed by atoms with Crippen molar-refractivity contribution in [3.05, 3.63) is 48.0 Å². The third kappa shape index (κ3) is 3.22. The lowest BCUT2D eigenvalue weighted by Gasteiger charge is -2.03. The van der Waals surface area contributed by atoms with Gasteiger partial charge in [0.15, 0.2) is 5.78 Å². The van der Waals surface area contributed by atoms with E-state index in [1.165, 1.54) is 19.1 Å². The van der Waals surface area contributed by atoms with Crippen molar-refractivity contribution < 1.29 is 9.90 Å². The number of aliphatic hydroxyl groups excluding tert-OH is 1. The molecule has 1 atom stereocenters. The van der Waals surface area contributed by atoms with Crippen molar-refractivity contribution >= 4 is 5.78 Å². The average molecular weight is 176 g/mol. The zero-order chi connectivity index (χ0) is 9.68. The van der Waals surface area contributed by atoms with Crippen molar-refractivity contribution in [2.75, 3.05) is 0 Å². The summed E-state index contributed by atoms with van der Waals surface area (Å²) >= 11 is 0. The van der Waals surface area contributed by atoms with E-state index < -0.39 is 6.10 Å². The van der Waals surface area contributed by atoms with Gasteiger partial charge in [-0.1, -0.05) is 30.3 Å². The van der Waals surface area contributed by atoms with Crippen molar-refractivity contribution in [2.24, 2.45) is 0 Å². The van der Waals surface area contributed by atoms with Crippen LogP contribution in [0.4, 0.5) is 0 Å². The van der Waals surface area contributed by atoms with Gasteiger partial charge in [0.1, 0.15) is 0 Å². The molecule has 0 aliphatic carbocycles. The fourth-order valence-corrected chi connectivity index (χ4v) is 0.988. The van der Waals surface area contributed by atoms with Crippen LogP contribution in [-0.4, -0.2) is 10.9 Å². The molecule has 0 fully saturated rings. The van der Waals surface area contributed by atoms with E-state index in [9.17, 15) is 9.90 Å². The Morgan fingerprint density at radius 1 is 1.38 bits per heavy atom. The second-order valence-corrected chi connectivity index (χ2v) is 2.83. The molecule has 1 aromatic rings. The fraction of sp³-hybridized carbons (Fsp3) is 0.182. The van der Waals surface area contributed by atoms with Crippen LogP contribution in [0, 0.1) is 0 Å². The van der Waals surface area contributed by atoms with Crippen LogP contribution in [0.5, 0.6) is 0 Å². The first-order valence-corrected chi connectivity index (χ1v) is 4.12. The first-order chi connectivity index (χ1) is 6.20. The van der Waals surface area contributed by atoms with Crippen LogP contribution < -0.4 is 0 Å². The summed E-state index contributed by atoms with van der Waals surface area (Å²) in [7, 11) is 0. The molecule has 0 aliphatic rings. The summed E-state index contributed by atoms with van der Waals surface area (Å²) in [6.45, 7) is 1.45. The predicted octanol–water partition coefficient (Wildman–Crippen LogP) is 1.87. The highest BCUT2D eigenvalue weighted by Gasteiger charge is 2.00. The van der Waals surface area contributed by atoms with Gasteiger partial charge in [-0.05, 0) is 24.6 Å². The van der Waals surface area contributed by atoms with Crippen LogP contribution >= 0.6 is 0 Å². The lowest BCUT2D eigenvalue weighted by molar-refractivity contribution is -0.112. The van der Waals surface area contributed by atoms with Crippen LogP contribution in [0.15, 0.2) is 42.5 Å².